The van der Waals surface area contributed by atoms with Crippen LogP contribution in [0.4, 0.5) is 0 Å². The van der Waals surface area contributed by atoms with E-state index in [0.717, 1.165) is 5.25 Å². The van der Waals surface area contributed by atoms with Crippen LogP contribution >= 0.6 is 23.5 Å². The summed E-state index contributed by atoms with van der Waals surface area (Å²) < 4.78 is 0. The highest BCUT2D eigenvalue weighted by molar-refractivity contribution is 8.06. The number of hydrogen-bond acceptors (Lipinski definition) is 3. The highest BCUT2D eigenvalue weighted by Gasteiger charge is 2.24. The molecule has 0 aromatic heterocycles. The average molecular weight is 247 g/mol. The van der Waals surface area contributed by atoms with Crippen molar-refractivity contribution in [3.05, 3.63) is 0 Å². The fraction of sp³-hybridized carbons (Fsp3) is 1.00. The molecule has 1 fully saturated rings. The van der Waals surface area contributed by atoms with Gasteiger partial charge in [-0.15, -0.1) is 0 Å². The van der Waals surface area contributed by atoms with Gasteiger partial charge in [0.15, 0.2) is 0 Å². The Morgan fingerprint density at radius 2 is 2.07 bits per heavy atom. The lowest BCUT2D eigenvalue weighted by atomic mass is 9.88. The minimum Gasteiger partial charge on any atom is -0.316 e. The predicted octanol–water partition coefficient (Wildman–Crippen LogP) is 3.25. The quantitative estimate of drug-likeness (QED) is 0.819. The van der Waals surface area contributed by atoms with Gasteiger partial charge in [-0.25, -0.2) is 0 Å². The molecule has 0 bridgehead atoms. The monoisotopic (exact) mass is 247 g/mol. The van der Waals surface area contributed by atoms with E-state index < -0.39 is 0 Å². The molecule has 2 atom stereocenters. The topological polar surface area (TPSA) is 12.0 Å². The molecule has 1 nitrogen and oxygen atoms in total. The van der Waals surface area contributed by atoms with Crippen LogP contribution in [0.2, 0.25) is 0 Å². The second kappa shape index (κ2) is 6.41. The highest BCUT2D eigenvalue weighted by atomic mass is 32.2. The zero-order chi connectivity index (χ0) is 11.3. The largest absolute Gasteiger partial charge is 0.316 e. The molecule has 90 valence electrons. The molecule has 0 radical (unpaired) electrons. The van der Waals surface area contributed by atoms with Gasteiger partial charge in [0.1, 0.15) is 0 Å². The van der Waals surface area contributed by atoms with E-state index in [1.54, 1.807) is 0 Å². The number of nitrogens with one attached hydrogen (secondary N) is 1. The van der Waals surface area contributed by atoms with Gasteiger partial charge in [-0.2, -0.15) is 23.5 Å². The maximum absolute atomic E-state index is 3.51. The maximum atomic E-state index is 3.51. The van der Waals surface area contributed by atoms with Crippen molar-refractivity contribution in [3.63, 3.8) is 0 Å². The van der Waals surface area contributed by atoms with Crippen LogP contribution in [0.15, 0.2) is 0 Å². The van der Waals surface area contributed by atoms with E-state index in [9.17, 15) is 0 Å². The third-order valence-electron chi connectivity index (χ3n) is 2.87. The Bertz CT molecular complexity index is 171. The molecule has 0 aliphatic carbocycles. The standard InChI is InChI=1S/C12H25NS2/c1-12(2,3)6-5-10(13-4)11-9-14-7-8-15-11/h10-11,13H,5-9H2,1-4H3. The van der Waals surface area contributed by atoms with Crippen molar-refractivity contribution < 1.29 is 0 Å². The van der Waals surface area contributed by atoms with E-state index in [0.29, 0.717) is 11.5 Å². The molecule has 0 aromatic rings. The summed E-state index contributed by atoms with van der Waals surface area (Å²) in [4.78, 5) is 0. The minimum absolute atomic E-state index is 0.474. The van der Waals surface area contributed by atoms with Crippen molar-refractivity contribution >= 4 is 23.5 Å². The first kappa shape index (κ1) is 13.7. The van der Waals surface area contributed by atoms with Gasteiger partial charge in [0.2, 0.25) is 0 Å². The molecule has 1 aliphatic heterocycles. The summed E-state index contributed by atoms with van der Waals surface area (Å²) in [5.74, 6) is 4.01. The Kier molecular flexibility index (Phi) is 5.86. The third-order valence-corrected chi connectivity index (χ3v) is 5.79. The summed E-state index contributed by atoms with van der Waals surface area (Å²) in [5, 5.41) is 4.34. The summed E-state index contributed by atoms with van der Waals surface area (Å²) in [5.41, 5.74) is 0.474. The highest BCUT2D eigenvalue weighted by Crippen LogP contribution is 2.30. The minimum atomic E-state index is 0.474. The zero-order valence-electron chi connectivity index (χ0n) is 10.5. The molecule has 15 heavy (non-hydrogen) atoms. The van der Waals surface area contributed by atoms with Crippen LogP contribution in [0, 0.1) is 5.41 Å². The second-order valence-corrected chi connectivity index (χ2v) is 7.98. The smallest absolute Gasteiger partial charge is 0.0291 e. The van der Waals surface area contributed by atoms with Gasteiger partial charge in [-0.05, 0) is 25.3 Å². The van der Waals surface area contributed by atoms with Gasteiger partial charge in [-0.1, -0.05) is 20.8 Å². The zero-order valence-corrected chi connectivity index (χ0v) is 12.1. The summed E-state index contributed by atoms with van der Waals surface area (Å²) >= 11 is 4.28. The van der Waals surface area contributed by atoms with E-state index in [4.69, 9.17) is 0 Å². The molecule has 1 heterocycles. The Hall–Kier alpha value is 0.660. The SMILES string of the molecule is CNC(CCC(C)(C)C)C1CSCCS1. The van der Waals surface area contributed by atoms with Gasteiger partial charge < -0.3 is 5.32 Å². The summed E-state index contributed by atoms with van der Waals surface area (Å²) in [6.07, 6.45) is 2.64. The lowest BCUT2D eigenvalue weighted by Crippen LogP contribution is -2.39. The van der Waals surface area contributed by atoms with Crippen LogP contribution in [0.3, 0.4) is 0 Å². The molecular weight excluding hydrogens is 222 g/mol. The van der Waals surface area contributed by atoms with Crippen LogP contribution in [0.5, 0.6) is 0 Å². The summed E-state index contributed by atoms with van der Waals surface area (Å²) in [7, 11) is 2.12. The van der Waals surface area contributed by atoms with Gasteiger partial charge >= 0.3 is 0 Å². The molecule has 0 spiro atoms. The predicted molar refractivity (Wildman–Crippen MR) is 75.1 cm³/mol. The van der Waals surface area contributed by atoms with Crippen molar-refractivity contribution in [2.24, 2.45) is 5.41 Å². The van der Waals surface area contributed by atoms with Crippen LogP contribution in [-0.4, -0.2) is 35.6 Å². The van der Waals surface area contributed by atoms with Crippen molar-refractivity contribution in [2.45, 2.75) is 44.9 Å². The van der Waals surface area contributed by atoms with Crippen molar-refractivity contribution in [3.8, 4) is 0 Å². The Labute approximate surface area is 104 Å². The Morgan fingerprint density at radius 3 is 2.53 bits per heavy atom. The van der Waals surface area contributed by atoms with E-state index >= 15 is 0 Å². The van der Waals surface area contributed by atoms with Crippen LogP contribution in [0.1, 0.15) is 33.6 Å². The fourth-order valence-corrected chi connectivity index (χ4v) is 4.81. The van der Waals surface area contributed by atoms with Crippen molar-refractivity contribution in [1.29, 1.82) is 0 Å². The first-order chi connectivity index (χ1) is 7.03. The molecule has 2 unspecified atom stereocenters. The molecule has 1 N–H and O–H groups in total. The molecule has 0 saturated carbocycles. The molecule has 1 rings (SSSR count). The number of rotatable bonds is 4. The molecule has 0 amide bonds. The van der Waals surface area contributed by atoms with Crippen LogP contribution in [-0.2, 0) is 0 Å². The number of hydrogen-bond donors (Lipinski definition) is 1. The van der Waals surface area contributed by atoms with Gasteiger partial charge in [0.25, 0.3) is 0 Å². The maximum Gasteiger partial charge on any atom is 0.0291 e. The first-order valence-corrected chi connectivity index (χ1v) is 8.10. The number of thioether (sulfide) groups is 2. The lowest BCUT2D eigenvalue weighted by Gasteiger charge is -2.31. The lowest BCUT2D eigenvalue weighted by molar-refractivity contribution is 0.335. The van der Waals surface area contributed by atoms with Gasteiger partial charge in [0.05, 0.1) is 0 Å². The Morgan fingerprint density at radius 1 is 1.33 bits per heavy atom. The van der Waals surface area contributed by atoms with Gasteiger partial charge in [-0.3, -0.25) is 0 Å². The molecule has 1 saturated heterocycles. The molecule has 3 heteroatoms. The van der Waals surface area contributed by atoms with Crippen molar-refractivity contribution in [1.82, 2.24) is 5.32 Å². The van der Waals surface area contributed by atoms with E-state index in [-0.39, 0.29) is 0 Å². The molecule has 0 aromatic carbocycles. The van der Waals surface area contributed by atoms with Crippen LogP contribution in [0.25, 0.3) is 0 Å². The van der Waals surface area contributed by atoms with Crippen LogP contribution < -0.4 is 5.32 Å². The fourth-order valence-electron chi connectivity index (χ4n) is 1.84. The van der Waals surface area contributed by atoms with E-state index in [2.05, 4.69) is 56.7 Å². The first-order valence-electron chi connectivity index (χ1n) is 5.89. The van der Waals surface area contributed by atoms with Gasteiger partial charge in [0, 0.05) is 28.6 Å². The molecular formula is C12H25NS2. The summed E-state index contributed by atoms with van der Waals surface area (Å²) in [6.45, 7) is 7.01. The van der Waals surface area contributed by atoms with E-state index in [1.807, 2.05) is 0 Å². The normalized spacial score (nSPS) is 25.2. The Balaban J connectivity index is 2.34. The van der Waals surface area contributed by atoms with E-state index in [1.165, 1.54) is 30.1 Å². The average Bonchev–Trinajstić information content (AvgIpc) is 2.19. The second-order valence-electron chi connectivity index (χ2n) is 5.48. The summed E-state index contributed by atoms with van der Waals surface area (Å²) in [6, 6.07) is 0.710. The third kappa shape index (κ3) is 5.50. The molecule has 1 aliphatic rings. The van der Waals surface area contributed by atoms with Crippen molar-refractivity contribution in [2.75, 3.05) is 24.3 Å².